The van der Waals surface area contributed by atoms with Crippen LogP contribution >= 0.6 is 0 Å². The maximum Gasteiger partial charge on any atom is 0.138 e. The van der Waals surface area contributed by atoms with E-state index in [4.69, 9.17) is 4.74 Å². The molecule has 0 aromatic rings. The summed E-state index contributed by atoms with van der Waals surface area (Å²) in [7, 11) is 0. The van der Waals surface area contributed by atoms with E-state index in [0.717, 1.165) is 6.42 Å². The van der Waals surface area contributed by atoms with Crippen LogP contribution in [-0.2, 0) is 9.53 Å². The number of ketones is 1. The largest absolute Gasteiger partial charge is 0.374 e. The summed E-state index contributed by atoms with van der Waals surface area (Å²) in [5.41, 5.74) is -0.0903. The van der Waals surface area contributed by atoms with Crippen molar-refractivity contribution in [3.8, 4) is 0 Å². The monoisotopic (exact) mass is 196 g/mol. The van der Waals surface area contributed by atoms with Crippen molar-refractivity contribution in [3.05, 3.63) is 0 Å². The highest BCUT2D eigenvalue weighted by atomic mass is 16.5. The van der Waals surface area contributed by atoms with Crippen LogP contribution in [0.15, 0.2) is 0 Å². The van der Waals surface area contributed by atoms with Gasteiger partial charge in [-0.05, 0) is 18.3 Å². The number of carbonyl (C=O) groups is 1. The third kappa shape index (κ3) is 1.60. The molecule has 0 aromatic heterocycles. The minimum Gasteiger partial charge on any atom is -0.374 e. The maximum absolute atomic E-state index is 11.5. The van der Waals surface area contributed by atoms with Gasteiger partial charge >= 0.3 is 0 Å². The maximum atomic E-state index is 11.5. The Morgan fingerprint density at radius 3 is 2.93 bits per heavy atom. The van der Waals surface area contributed by atoms with Gasteiger partial charge in [0.1, 0.15) is 5.78 Å². The molecule has 14 heavy (non-hydrogen) atoms. The van der Waals surface area contributed by atoms with Crippen molar-refractivity contribution in [2.24, 2.45) is 11.8 Å². The lowest BCUT2D eigenvalue weighted by molar-refractivity contribution is -0.161. The second-order valence-electron chi connectivity index (χ2n) is 5.04. The molecule has 2 fully saturated rings. The third-order valence-electron chi connectivity index (χ3n) is 4.21. The first-order valence-electron chi connectivity index (χ1n) is 5.80. The normalized spacial score (nSPS) is 44.3. The highest BCUT2D eigenvalue weighted by Crippen LogP contribution is 2.44. The molecule has 1 saturated heterocycles. The zero-order valence-corrected chi connectivity index (χ0v) is 9.21. The third-order valence-corrected chi connectivity index (χ3v) is 4.21. The van der Waals surface area contributed by atoms with Crippen LogP contribution in [0.5, 0.6) is 0 Å². The van der Waals surface area contributed by atoms with Crippen LogP contribution in [0.4, 0.5) is 0 Å². The van der Waals surface area contributed by atoms with E-state index in [2.05, 4.69) is 13.8 Å². The van der Waals surface area contributed by atoms with E-state index < -0.39 is 0 Å². The fourth-order valence-electron chi connectivity index (χ4n) is 3.01. The Balaban J connectivity index is 2.15. The lowest BCUT2D eigenvalue weighted by atomic mass is 9.67. The summed E-state index contributed by atoms with van der Waals surface area (Å²) in [6, 6.07) is 0. The summed E-state index contributed by atoms with van der Waals surface area (Å²) in [6.07, 6.45) is 4.89. The molecule has 0 aromatic carbocycles. The zero-order chi connectivity index (χ0) is 10.2. The Hall–Kier alpha value is -0.370. The van der Waals surface area contributed by atoms with E-state index in [9.17, 15) is 4.79 Å². The molecular formula is C12H20O2. The molecule has 0 N–H and O–H groups in total. The molecule has 2 aliphatic rings. The van der Waals surface area contributed by atoms with E-state index in [1.165, 1.54) is 12.8 Å². The average Bonchev–Trinajstić information content (AvgIpc) is 2.14. The quantitative estimate of drug-likeness (QED) is 0.595. The van der Waals surface area contributed by atoms with Crippen LogP contribution in [0.25, 0.3) is 0 Å². The van der Waals surface area contributed by atoms with Crippen molar-refractivity contribution in [3.63, 3.8) is 0 Å². The summed E-state index contributed by atoms with van der Waals surface area (Å²) in [5, 5.41) is 0. The van der Waals surface area contributed by atoms with Crippen LogP contribution in [0.3, 0.4) is 0 Å². The van der Waals surface area contributed by atoms with Crippen LogP contribution in [0.1, 0.15) is 46.0 Å². The van der Waals surface area contributed by atoms with Crippen molar-refractivity contribution < 1.29 is 9.53 Å². The Morgan fingerprint density at radius 1 is 1.43 bits per heavy atom. The van der Waals surface area contributed by atoms with Gasteiger partial charge in [-0.3, -0.25) is 4.79 Å². The summed E-state index contributed by atoms with van der Waals surface area (Å²) in [5.74, 6) is 1.65. The van der Waals surface area contributed by atoms with Crippen molar-refractivity contribution in [2.75, 3.05) is 6.61 Å². The summed E-state index contributed by atoms with van der Waals surface area (Å²) in [6.45, 7) is 5.19. The summed E-state index contributed by atoms with van der Waals surface area (Å²) in [4.78, 5) is 11.5. The van der Waals surface area contributed by atoms with Gasteiger partial charge in [0.05, 0.1) is 12.2 Å². The fraction of sp³-hybridized carbons (Fsp3) is 0.917. The lowest BCUT2D eigenvalue weighted by Crippen LogP contribution is -2.49. The van der Waals surface area contributed by atoms with E-state index >= 15 is 0 Å². The van der Waals surface area contributed by atoms with Crippen molar-refractivity contribution in [1.82, 2.24) is 0 Å². The van der Waals surface area contributed by atoms with E-state index in [1.54, 1.807) is 0 Å². The molecule has 0 bridgehead atoms. The van der Waals surface area contributed by atoms with E-state index in [1.807, 2.05) is 0 Å². The summed E-state index contributed by atoms with van der Waals surface area (Å²) < 4.78 is 5.94. The van der Waals surface area contributed by atoms with Crippen LogP contribution in [0, 0.1) is 11.8 Å². The molecule has 3 atom stereocenters. The van der Waals surface area contributed by atoms with Crippen LogP contribution in [-0.4, -0.2) is 18.0 Å². The highest BCUT2D eigenvalue weighted by molar-refractivity contribution is 5.80. The van der Waals surface area contributed by atoms with Gasteiger partial charge in [-0.15, -0.1) is 0 Å². The van der Waals surface area contributed by atoms with E-state index in [-0.39, 0.29) is 5.60 Å². The number of rotatable bonds is 0. The van der Waals surface area contributed by atoms with Gasteiger partial charge in [-0.2, -0.15) is 0 Å². The highest BCUT2D eigenvalue weighted by Gasteiger charge is 2.45. The lowest BCUT2D eigenvalue weighted by Gasteiger charge is -2.47. The van der Waals surface area contributed by atoms with Gasteiger partial charge in [0.15, 0.2) is 0 Å². The number of ether oxygens (including phenoxy) is 1. The minimum absolute atomic E-state index is 0.0903. The molecular weight excluding hydrogens is 176 g/mol. The molecule has 3 unspecified atom stereocenters. The molecule has 2 rings (SSSR count). The SMILES string of the molecule is CC1CCCC2(CC(=O)CCO2)C1C. The molecule has 1 aliphatic heterocycles. The number of carbonyl (C=O) groups excluding carboxylic acids is 1. The Kier molecular flexibility index (Phi) is 2.65. The second-order valence-corrected chi connectivity index (χ2v) is 5.04. The topological polar surface area (TPSA) is 26.3 Å². The average molecular weight is 196 g/mol. The van der Waals surface area contributed by atoms with E-state index in [0.29, 0.717) is 37.1 Å². The van der Waals surface area contributed by atoms with Crippen molar-refractivity contribution in [1.29, 1.82) is 0 Å². The van der Waals surface area contributed by atoms with Crippen molar-refractivity contribution >= 4 is 5.78 Å². The molecule has 80 valence electrons. The first-order valence-corrected chi connectivity index (χ1v) is 5.80. The first kappa shape index (κ1) is 10.2. The molecule has 0 radical (unpaired) electrons. The molecule has 1 aliphatic carbocycles. The first-order chi connectivity index (χ1) is 6.64. The number of hydrogen-bond donors (Lipinski definition) is 0. The molecule has 1 spiro atoms. The molecule has 1 heterocycles. The molecule has 0 amide bonds. The zero-order valence-electron chi connectivity index (χ0n) is 9.21. The molecule has 2 nitrogen and oxygen atoms in total. The predicted octanol–water partition coefficient (Wildman–Crippen LogP) is 2.56. The fourth-order valence-corrected chi connectivity index (χ4v) is 3.01. The smallest absolute Gasteiger partial charge is 0.138 e. The Labute approximate surface area is 86.0 Å². The van der Waals surface area contributed by atoms with Gasteiger partial charge in [0, 0.05) is 12.8 Å². The number of Topliss-reactive ketones (excluding diaryl/α,β-unsaturated/α-hetero) is 1. The number of hydrogen-bond acceptors (Lipinski definition) is 2. The molecule has 2 heteroatoms. The second kappa shape index (κ2) is 3.65. The molecule has 1 saturated carbocycles. The van der Waals surface area contributed by atoms with Crippen LogP contribution in [0.2, 0.25) is 0 Å². The summed E-state index contributed by atoms with van der Waals surface area (Å²) >= 11 is 0. The Bertz CT molecular complexity index is 232. The standard InChI is InChI=1S/C12H20O2/c1-9-4-3-6-12(10(9)2)8-11(13)5-7-14-12/h9-10H,3-8H2,1-2H3. The predicted molar refractivity (Wildman–Crippen MR) is 55.1 cm³/mol. The van der Waals surface area contributed by atoms with Gasteiger partial charge in [0.2, 0.25) is 0 Å². The van der Waals surface area contributed by atoms with Crippen molar-refractivity contribution in [2.45, 2.75) is 51.6 Å². The minimum atomic E-state index is -0.0903. The Morgan fingerprint density at radius 2 is 2.21 bits per heavy atom. The van der Waals surface area contributed by atoms with Crippen LogP contribution < -0.4 is 0 Å². The van der Waals surface area contributed by atoms with Gasteiger partial charge in [0.25, 0.3) is 0 Å². The van der Waals surface area contributed by atoms with Gasteiger partial charge < -0.3 is 4.74 Å². The van der Waals surface area contributed by atoms with Gasteiger partial charge in [-0.1, -0.05) is 26.7 Å². The van der Waals surface area contributed by atoms with Gasteiger partial charge in [-0.25, -0.2) is 0 Å².